The molecule has 1 aromatic heterocycles. The zero-order valence-electron chi connectivity index (χ0n) is 14.3. The van der Waals surface area contributed by atoms with Crippen molar-refractivity contribution in [2.24, 2.45) is 0 Å². The lowest BCUT2D eigenvalue weighted by Crippen LogP contribution is -1.99. The average Bonchev–Trinajstić information content (AvgIpc) is 2.64. The fourth-order valence-electron chi connectivity index (χ4n) is 2.70. The van der Waals surface area contributed by atoms with Gasteiger partial charge in [-0.1, -0.05) is 31.5 Å². The van der Waals surface area contributed by atoms with Crippen LogP contribution in [0.15, 0.2) is 36.7 Å². The van der Waals surface area contributed by atoms with Crippen LogP contribution >= 0.6 is 0 Å². The number of aromatic nitrogens is 2. The quantitative estimate of drug-likeness (QED) is 0.564. The molecule has 6 heteroatoms. The molecule has 0 aliphatic heterocycles. The summed E-state index contributed by atoms with van der Waals surface area (Å²) in [6, 6.07) is 5.79. The number of aryl methyl sites for hydroxylation is 2. The zero-order chi connectivity index (χ0) is 18.8. The Kier molecular flexibility index (Phi) is 5.02. The summed E-state index contributed by atoms with van der Waals surface area (Å²) in [5.41, 5.74) is 0.659. The van der Waals surface area contributed by atoms with Crippen LogP contribution in [0.3, 0.4) is 0 Å². The van der Waals surface area contributed by atoms with Gasteiger partial charge in [0, 0.05) is 23.5 Å². The summed E-state index contributed by atoms with van der Waals surface area (Å²) < 4.78 is 56.2. The highest BCUT2D eigenvalue weighted by molar-refractivity contribution is 5.65. The minimum absolute atomic E-state index is 0.0180. The van der Waals surface area contributed by atoms with Gasteiger partial charge in [-0.3, -0.25) is 0 Å². The molecule has 0 radical (unpaired) electrons. The smallest absolute Gasteiger partial charge is 0.170 e. The molecule has 0 unspecified atom stereocenters. The van der Waals surface area contributed by atoms with E-state index in [0.717, 1.165) is 0 Å². The first-order valence-corrected chi connectivity index (χ1v) is 8.18. The van der Waals surface area contributed by atoms with Crippen LogP contribution < -0.4 is 0 Å². The maximum absolute atomic E-state index is 14.3. The van der Waals surface area contributed by atoms with Crippen molar-refractivity contribution in [3.8, 4) is 22.5 Å². The third-order valence-corrected chi connectivity index (χ3v) is 4.16. The predicted molar refractivity (Wildman–Crippen MR) is 91.5 cm³/mol. The van der Waals surface area contributed by atoms with Crippen molar-refractivity contribution < 1.29 is 17.6 Å². The van der Waals surface area contributed by atoms with Gasteiger partial charge in [0.05, 0.1) is 5.56 Å². The molecule has 0 saturated heterocycles. The number of rotatable bonds is 4. The number of hydrogen-bond acceptors (Lipinski definition) is 2. The Balaban J connectivity index is 1.99. The summed E-state index contributed by atoms with van der Waals surface area (Å²) in [4.78, 5) is 7.96. The van der Waals surface area contributed by atoms with Crippen molar-refractivity contribution in [1.82, 2.24) is 9.97 Å². The van der Waals surface area contributed by atoms with Crippen LogP contribution in [-0.4, -0.2) is 9.97 Å². The predicted octanol–water partition coefficient (Wildman–Crippen LogP) is 5.63. The van der Waals surface area contributed by atoms with Crippen molar-refractivity contribution in [3.05, 3.63) is 71.1 Å². The molecule has 0 aliphatic rings. The lowest BCUT2D eigenvalue weighted by atomic mass is 10.0. The molecule has 3 rings (SSSR count). The molecule has 0 fully saturated rings. The maximum atomic E-state index is 14.3. The molecule has 0 spiro atoms. The van der Waals surface area contributed by atoms with Crippen LogP contribution in [0.25, 0.3) is 22.5 Å². The minimum atomic E-state index is -1.04. The van der Waals surface area contributed by atoms with Crippen LogP contribution in [0.5, 0.6) is 0 Å². The summed E-state index contributed by atoms with van der Waals surface area (Å²) in [5, 5.41) is 0. The first-order chi connectivity index (χ1) is 12.4. The molecule has 0 aliphatic carbocycles. The molecule has 0 N–H and O–H groups in total. The van der Waals surface area contributed by atoms with E-state index in [-0.39, 0.29) is 28.1 Å². The first kappa shape index (κ1) is 18.0. The highest BCUT2D eigenvalue weighted by Gasteiger charge is 2.17. The molecule has 0 saturated carbocycles. The lowest BCUT2D eigenvalue weighted by Gasteiger charge is -2.09. The Bertz CT molecular complexity index is 953. The van der Waals surface area contributed by atoms with Crippen LogP contribution in [0.4, 0.5) is 17.6 Å². The summed E-state index contributed by atoms with van der Waals surface area (Å²) in [5.74, 6) is -3.90. The van der Waals surface area contributed by atoms with Gasteiger partial charge in [-0.15, -0.1) is 0 Å². The van der Waals surface area contributed by atoms with Gasteiger partial charge < -0.3 is 0 Å². The van der Waals surface area contributed by atoms with Crippen LogP contribution in [0.2, 0.25) is 0 Å². The van der Waals surface area contributed by atoms with Gasteiger partial charge in [-0.05, 0) is 30.5 Å². The maximum Gasteiger partial charge on any atom is 0.170 e. The highest BCUT2D eigenvalue weighted by Crippen LogP contribution is 2.28. The summed E-state index contributed by atoms with van der Waals surface area (Å²) in [6.07, 6.45) is 3.66. The standard InChI is InChI=1S/C20H16F4N2/c1-3-4-12-6-8-14(18(23)17(12)22)13-9-25-20(26-10-13)15-7-5-11(2)16(21)19(15)24/h5-10H,3-4H2,1-2H3. The first-order valence-electron chi connectivity index (χ1n) is 8.18. The van der Waals surface area contributed by atoms with E-state index in [1.807, 2.05) is 6.92 Å². The van der Waals surface area contributed by atoms with Crippen molar-refractivity contribution in [3.63, 3.8) is 0 Å². The van der Waals surface area contributed by atoms with E-state index in [2.05, 4.69) is 9.97 Å². The van der Waals surface area contributed by atoms with E-state index in [0.29, 0.717) is 18.4 Å². The van der Waals surface area contributed by atoms with E-state index in [9.17, 15) is 17.6 Å². The van der Waals surface area contributed by atoms with Crippen LogP contribution in [-0.2, 0) is 6.42 Å². The summed E-state index contributed by atoms with van der Waals surface area (Å²) in [6.45, 7) is 3.33. The second-order valence-electron chi connectivity index (χ2n) is 6.00. The van der Waals surface area contributed by atoms with Crippen molar-refractivity contribution in [1.29, 1.82) is 0 Å². The van der Waals surface area contributed by atoms with Gasteiger partial charge in [0.15, 0.2) is 29.1 Å². The van der Waals surface area contributed by atoms with Crippen molar-refractivity contribution in [2.75, 3.05) is 0 Å². The number of halogens is 4. The highest BCUT2D eigenvalue weighted by atomic mass is 19.2. The normalized spacial score (nSPS) is 11.0. The van der Waals surface area contributed by atoms with Gasteiger partial charge in [-0.2, -0.15) is 0 Å². The second-order valence-corrected chi connectivity index (χ2v) is 6.00. The molecule has 1 heterocycles. The number of nitrogens with zero attached hydrogens (tertiary/aromatic N) is 2. The Morgan fingerprint density at radius 1 is 0.769 bits per heavy atom. The van der Waals surface area contributed by atoms with Crippen molar-refractivity contribution >= 4 is 0 Å². The van der Waals surface area contributed by atoms with Crippen LogP contribution in [0.1, 0.15) is 24.5 Å². The van der Waals surface area contributed by atoms with E-state index in [1.165, 1.54) is 43.6 Å². The Hall–Kier alpha value is -2.76. The minimum Gasteiger partial charge on any atom is -0.236 e. The third-order valence-electron chi connectivity index (χ3n) is 4.16. The summed E-state index contributed by atoms with van der Waals surface area (Å²) >= 11 is 0. The van der Waals surface area contributed by atoms with E-state index in [4.69, 9.17) is 0 Å². The molecule has 2 aromatic carbocycles. The lowest BCUT2D eigenvalue weighted by molar-refractivity contribution is 0.500. The second kappa shape index (κ2) is 7.23. The van der Waals surface area contributed by atoms with Crippen LogP contribution in [0, 0.1) is 30.2 Å². The van der Waals surface area contributed by atoms with Gasteiger partial charge in [0.1, 0.15) is 0 Å². The van der Waals surface area contributed by atoms with Crippen molar-refractivity contribution in [2.45, 2.75) is 26.7 Å². The monoisotopic (exact) mass is 360 g/mol. The Morgan fingerprint density at radius 2 is 1.38 bits per heavy atom. The molecule has 0 bridgehead atoms. The Labute approximate surface area is 148 Å². The topological polar surface area (TPSA) is 25.8 Å². The van der Waals surface area contributed by atoms with E-state index >= 15 is 0 Å². The van der Waals surface area contributed by atoms with Gasteiger partial charge in [0.2, 0.25) is 0 Å². The Morgan fingerprint density at radius 3 is 2.04 bits per heavy atom. The molecule has 0 atom stereocenters. The largest absolute Gasteiger partial charge is 0.236 e. The fraction of sp³-hybridized carbons (Fsp3) is 0.200. The van der Waals surface area contributed by atoms with Gasteiger partial charge >= 0.3 is 0 Å². The molecule has 26 heavy (non-hydrogen) atoms. The zero-order valence-corrected chi connectivity index (χ0v) is 14.3. The number of hydrogen-bond donors (Lipinski definition) is 0. The molecular weight excluding hydrogens is 344 g/mol. The van der Waals surface area contributed by atoms with Gasteiger partial charge in [0.25, 0.3) is 0 Å². The number of benzene rings is 2. The van der Waals surface area contributed by atoms with Gasteiger partial charge in [-0.25, -0.2) is 27.5 Å². The third kappa shape index (κ3) is 3.19. The average molecular weight is 360 g/mol. The van der Waals surface area contributed by atoms with E-state index in [1.54, 1.807) is 0 Å². The molecule has 2 nitrogen and oxygen atoms in total. The molecule has 0 amide bonds. The SMILES string of the molecule is CCCc1ccc(-c2cnc(-c3ccc(C)c(F)c3F)nc2)c(F)c1F. The van der Waals surface area contributed by atoms with E-state index < -0.39 is 23.3 Å². The molecule has 3 aromatic rings. The summed E-state index contributed by atoms with van der Waals surface area (Å²) in [7, 11) is 0. The fourth-order valence-corrected chi connectivity index (χ4v) is 2.70. The molecule has 134 valence electrons. The molecular formula is C20H16F4N2.